The van der Waals surface area contributed by atoms with E-state index in [-0.39, 0.29) is 17.5 Å². The summed E-state index contributed by atoms with van der Waals surface area (Å²) >= 11 is 0. The van der Waals surface area contributed by atoms with Gasteiger partial charge in [-0.25, -0.2) is 0 Å². The molecule has 2 atom stereocenters. The molecule has 0 radical (unpaired) electrons. The van der Waals surface area contributed by atoms with Crippen LogP contribution < -0.4 is 0 Å². The predicted molar refractivity (Wildman–Crippen MR) is 145 cm³/mol. The molecule has 194 valence electrons. The first kappa shape index (κ1) is 25.4. The Morgan fingerprint density at radius 2 is 1.53 bits per heavy atom. The summed E-state index contributed by atoms with van der Waals surface area (Å²) in [4.78, 5) is 13.9. The van der Waals surface area contributed by atoms with E-state index in [2.05, 4.69) is 58.0 Å². The molecule has 2 unspecified atom stereocenters. The first-order chi connectivity index (χ1) is 17.2. The second-order valence-electron chi connectivity index (χ2n) is 12.9. The number of phenols is 1. The van der Waals surface area contributed by atoms with E-state index in [1.165, 1.54) is 43.2 Å². The Labute approximate surface area is 217 Å². The Kier molecular flexibility index (Phi) is 6.96. The highest BCUT2D eigenvalue weighted by atomic mass is 16.6. The summed E-state index contributed by atoms with van der Waals surface area (Å²) in [5.41, 5.74) is 1.69. The van der Waals surface area contributed by atoms with Crippen LogP contribution in [-0.2, 0) is 9.53 Å². The highest BCUT2D eigenvalue weighted by Gasteiger charge is 2.59. The second kappa shape index (κ2) is 9.88. The summed E-state index contributed by atoms with van der Waals surface area (Å²) in [6, 6.07) is 18.2. The lowest BCUT2D eigenvalue weighted by molar-refractivity contribution is -0.218. The third-order valence-corrected chi connectivity index (χ3v) is 10.0. The quantitative estimate of drug-likeness (QED) is 0.362. The lowest BCUT2D eigenvalue weighted by atomic mass is 9.49. The van der Waals surface area contributed by atoms with Gasteiger partial charge in [0.2, 0.25) is 0 Å². The van der Waals surface area contributed by atoms with Crippen molar-refractivity contribution < 1.29 is 14.6 Å². The molecule has 0 aliphatic heterocycles. The van der Waals surface area contributed by atoms with Crippen molar-refractivity contribution in [2.75, 3.05) is 0 Å². The van der Waals surface area contributed by atoms with Gasteiger partial charge in [-0.15, -0.1) is 0 Å². The van der Waals surface area contributed by atoms with Gasteiger partial charge >= 0.3 is 5.97 Å². The van der Waals surface area contributed by atoms with Crippen LogP contribution in [0.1, 0.15) is 102 Å². The summed E-state index contributed by atoms with van der Waals surface area (Å²) in [6.45, 7) is 8.68. The second-order valence-corrected chi connectivity index (χ2v) is 12.9. The van der Waals surface area contributed by atoms with E-state index in [9.17, 15) is 9.90 Å². The van der Waals surface area contributed by atoms with Gasteiger partial charge in [0.15, 0.2) is 0 Å². The first-order valence-corrected chi connectivity index (χ1v) is 14.3. The lowest BCUT2D eigenvalue weighted by Gasteiger charge is -2.60. The van der Waals surface area contributed by atoms with Crippen LogP contribution in [-0.4, -0.2) is 16.7 Å². The molecule has 0 heterocycles. The predicted octanol–water partition coefficient (Wildman–Crippen LogP) is 8.23. The van der Waals surface area contributed by atoms with Gasteiger partial charge in [-0.3, -0.25) is 4.79 Å². The molecule has 3 heteroatoms. The lowest BCUT2D eigenvalue weighted by Crippen LogP contribution is -2.60. The molecule has 4 aliphatic rings. The maximum Gasteiger partial charge on any atom is 0.312 e. The van der Waals surface area contributed by atoms with E-state index in [0.29, 0.717) is 23.5 Å². The zero-order valence-corrected chi connectivity index (χ0v) is 22.6. The van der Waals surface area contributed by atoms with Gasteiger partial charge in [0.05, 0.1) is 5.41 Å². The van der Waals surface area contributed by atoms with E-state index in [0.717, 1.165) is 31.1 Å². The number of esters is 1. The molecule has 2 aromatic carbocycles. The highest BCUT2D eigenvalue weighted by Crippen LogP contribution is 2.61. The summed E-state index contributed by atoms with van der Waals surface area (Å²) in [6.07, 6.45) is 9.08. The zero-order valence-electron chi connectivity index (χ0n) is 22.6. The van der Waals surface area contributed by atoms with Gasteiger partial charge in [0, 0.05) is 0 Å². The number of benzene rings is 2. The summed E-state index contributed by atoms with van der Waals surface area (Å²) in [5.74, 6) is 3.68. The Morgan fingerprint density at radius 3 is 2.08 bits per heavy atom. The Bertz CT molecular complexity index is 1010. The highest BCUT2D eigenvalue weighted by molar-refractivity contribution is 5.76. The minimum Gasteiger partial charge on any atom is -0.508 e. The van der Waals surface area contributed by atoms with E-state index in [4.69, 9.17) is 4.74 Å². The van der Waals surface area contributed by atoms with E-state index < -0.39 is 5.41 Å². The van der Waals surface area contributed by atoms with Crippen molar-refractivity contribution in [3.8, 4) is 5.75 Å². The molecular formula is C33H44O3. The molecule has 6 rings (SSSR count). The van der Waals surface area contributed by atoms with Crippen LogP contribution in [0.25, 0.3) is 0 Å². The Morgan fingerprint density at radius 1 is 0.944 bits per heavy atom. The minimum atomic E-state index is -0.563. The summed E-state index contributed by atoms with van der Waals surface area (Å²) < 4.78 is 6.70. The topological polar surface area (TPSA) is 46.5 Å². The standard InChI is InChI=1S/C33H44O3/c1-5-33(28-17-23-16-24(19-28)20-29(33)18-23)36-31(35)32(3,4)21-27(26-9-7-6-8-10-26)15-22(2)25-11-13-30(34)14-12-25/h6-14,22-24,27-29,34H,5,15-21H2,1-4H3. The van der Waals surface area contributed by atoms with Gasteiger partial charge in [-0.2, -0.15) is 0 Å². The Hall–Kier alpha value is -2.29. The molecule has 0 saturated heterocycles. The van der Waals surface area contributed by atoms with Gasteiger partial charge in [-0.05, 0) is 124 Å². The first-order valence-electron chi connectivity index (χ1n) is 14.3. The third-order valence-electron chi connectivity index (χ3n) is 10.0. The van der Waals surface area contributed by atoms with Crippen molar-refractivity contribution >= 4 is 5.97 Å². The SMILES string of the molecule is CCC1(OC(=O)C(C)(C)CC(CC(C)c2ccc(O)cc2)c2ccccc2)C2CC3CC(C2)CC1C3. The van der Waals surface area contributed by atoms with Crippen molar-refractivity contribution in [3.05, 3.63) is 65.7 Å². The van der Waals surface area contributed by atoms with Gasteiger partial charge < -0.3 is 9.84 Å². The molecule has 4 aliphatic carbocycles. The van der Waals surface area contributed by atoms with Crippen molar-refractivity contribution in [1.82, 2.24) is 0 Å². The third kappa shape index (κ3) is 4.83. The van der Waals surface area contributed by atoms with Crippen molar-refractivity contribution in [2.45, 2.75) is 96.5 Å². The number of phenolic OH excluding ortho intramolecular Hbond substituents is 1. The van der Waals surface area contributed by atoms with Gasteiger partial charge in [-0.1, -0.05) is 56.3 Å². The summed E-state index contributed by atoms with van der Waals surface area (Å²) in [7, 11) is 0. The van der Waals surface area contributed by atoms with Gasteiger partial charge in [0.1, 0.15) is 11.4 Å². The van der Waals surface area contributed by atoms with Crippen LogP contribution in [0.4, 0.5) is 0 Å². The minimum absolute atomic E-state index is 0.00459. The van der Waals surface area contributed by atoms with Crippen LogP contribution >= 0.6 is 0 Å². The fourth-order valence-corrected chi connectivity index (χ4v) is 8.24. The maximum absolute atomic E-state index is 13.9. The fourth-order valence-electron chi connectivity index (χ4n) is 8.24. The van der Waals surface area contributed by atoms with Crippen LogP contribution in [0.3, 0.4) is 0 Å². The van der Waals surface area contributed by atoms with Crippen LogP contribution in [0.5, 0.6) is 5.75 Å². The molecule has 0 amide bonds. The van der Waals surface area contributed by atoms with Crippen molar-refractivity contribution in [2.24, 2.45) is 29.1 Å². The Balaban J connectivity index is 1.34. The number of rotatable bonds is 9. The van der Waals surface area contributed by atoms with Crippen LogP contribution in [0, 0.1) is 29.1 Å². The molecule has 4 saturated carbocycles. The monoisotopic (exact) mass is 488 g/mol. The molecule has 36 heavy (non-hydrogen) atoms. The number of hydrogen-bond donors (Lipinski definition) is 1. The summed E-state index contributed by atoms with van der Waals surface area (Å²) in [5, 5.41) is 9.71. The number of carbonyl (C=O) groups is 1. The van der Waals surface area contributed by atoms with Crippen LogP contribution in [0.15, 0.2) is 54.6 Å². The van der Waals surface area contributed by atoms with Gasteiger partial charge in [0.25, 0.3) is 0 Å². The maximum atomic E-state index is 13.9. The molecule has 0 spiro atoms. The molecule has 0 aromatic heterocycles. The van der Waals surface area contributed by atoms with E-state index >= 15 is 0 Å². The normalized spacial score (nSPS) is 30.7. The number of ether oxygens (including phenoxy) is 1. The molecule has 2 aromatic rings. The largest absolute Gasteiger partial charge is 0.508 e. The molecule has 4 bridgehead atoms. The van der Waals surface area contributed by atoms with E-state index in [1.54, 1.807) is 12.1 Å². The van der Waals surface area contributed by atoms with E-state index in [1.807, 2.05) is 12.1 Å². The van der Waals surface area contributed by atoms with Crippen molar-refractivity contribution in [3.63, 3.8) is 0 Å². The van der Waals surface area contributed by atoms with Crippen molar-refractivity contribution in [1.29, 1.82) is 0 Å². The number of hydrogen-bond acceptors (Lipinski definition) is 3. The zero-order chi connectivity index (χ0) is 25.5. The average Bonchev–Trinajstić information content (AvgIpc) is 2.86. The number of carbonyl (C=O) groups excluding carboxylic acids is 1. The smallest absolute Gasteiger partial charge is 0.312 e. The van der Waals surface area contributed by atoms with Crippen LogP contribution in [0.2, 0.25) is 0 Å². The molecule has 4 fully saturated rings. The number of aromatic hydroxyl groups is 1. The average molecular weight is 489 g/mol. The molecular weight excluding hydrogens is 444 g/mol. The molecule has 3 nitrogen and oxygen atoms in total. The fraction of sp³-hybridized carbons (Fsp3) is 0.606. The molecule has 1 N–H and O–H groups in total.